The third kappa shape index (κ3) is 5.04. The van der Waals surface area contributed by atoms with Crippen molar-refractivity contribution in [3.05, 3.63) is 93.4 Å². The number of hydrogen-bond donors (Lipinski definition) is 0. The molecule has 0 radical (unpaired) electrons. The average Bonchev–Trinajstić information content (AvgIpc) is 3.55. The molecule has 0 bridgehead atoms. The van der Waals surface area contributed by atoms with Crippen LogP contribution in [0.15, 0.2) is 66.0 Å². The zero-order valence-electron chi connectivity index (χ0n) is 19.7. The number of aromatic nitrogens is 4. The summed E-state index contributed by atoms with van der Waals surface area (Å²) < 4.78 is 7.51. The largest absolute Gasteiger partial charge is 0.496 e. The van der Waals surface area contributed by atoms with Gasteiger partial charge in [-0.05, 0) is 40.4 Å². The van der Waals surface area contributed by atoms with Gasteiger partial charge in [0.15, 0.2) is 5.82 Å². The number of ether oxygens (including phenoxy) is 1. The van der Waals surface area contributed by atoms with E-state index in [9.17, 15) is 0 Å². The van der Waals surface area contributed by atoms with Gasteiger partial charge in [-0.3, -0.25) is 9.80 Å². The van der Waals surface area contributed by atoms with E-state index in [1.165, 1.54) is 21.6 Å². The molecule has 0 aliphatic carbocycles. The predicted molar refractivity (Wildman–Crippen MR) is 134 cm³/mol. The Labute approximate surface area is 204 Å². The number of methoxy groups -OCH3 is 1. The number of rotatable bonds is 8. The summed E-state index contributed by atoms with van der Waals surface area (Å²) in [6.45, 7) is 7.55. The van der Waals surface area contributed by atoms with E-state index >= 15 is 0 Å². The average molecular weight is 475 g/mol. The topological polar surface area (TPSA) is 59.3 Å². The number of hydrogen-bond acceptors (Lipinski definition) is 7. The third-order valence-electron chi connectivity index (χ3n) is 6.44. The van der Waals surface area contributed by atoms with Crippen LogP contribution in [0.2, 0.25) is 0 Å². The Bertz CT molecular complexity index is 1180. The number of piperazine rings is 1. The molecule has 1 aliphatic heterocycles. The molecule has 176 valence electrons. The van der Waals surface area contributed by atoms with Crippen LogP contribution in [-0.2, 0) is 13.1 Å². The van der Waals surface area contributed by atoms with Crippen LogP contribution in [0.25, 0.3) is 0 Å². The number of nitrogens with zero attached hydrogens (tertiary/aromatic N) is 6. The number of aryl methyl sites for hydroxylation is 1. The standard InChI is InChI=1S/C26H30N6OS/c1-20-9-11-21(12-10-20)25(26-27-28-29-32(26)19-23-7-5-17-34-23)31-15-13-30(14-16-31)18-22-6-3-4-8-24(22)33-2/h3-12,17,25H,13-16,18-19H2,1-2H3/t25-/m0/s1. The van der Waals surface area contributed by atoms with Crippen molar-refractivity contribution in [2.45, 2.75) is 26.1 Å². The molecule has 0 amide bonds. The predicted octanol–water partition coefficient (Wildman–Crippen LogP) is 4.01. The fraction of sp³-hybridized carbons (Fsp3) is 0.346. The van der Waals surface area contributed by atoms with Crippen LogP contribution in [0.1, 0.15) is 33.4 Å². The van der Waals surface area contributed by atoms with Gasteiger partial charge in [0.25, 0.3) is 0 Å². The molecule has 0 spiro atoms. The fourth-order valence-corrected chi connectivity index (χ4v) is 5.28. The highest BCUT2D eigenvalue weighted by atomic mass is 32.1. The van der Waals surface area contributed by atoms with Crippen molar-refractivity contribution in [2.75, 3.05) is 33.3 Å². The van der Waals surface area contributed by atoms with Gasteiger partial charge in [0, 0.05) is 43.2 Å². The smallest absolute Gasteiger partial charge is 0.173 e. The molecular formula is C26H30N6OS. The first kappa shape index (κ1) is 22.7. The summed E-state index contributed by atoms with van der Waals surface area (Å²) in [5.74, 6) is 1.85. The van der Waals surface area contributed by atoms with E-state index in [0.717, 1.165) is 44.3 Å². The van der Waals surface area contributed by atoms with Crippen LogP contribution in [0, 0.1) is 6.92 Å². The highest BCUT2D eigenvalue weighted by Gasteiger charge is 2.31. The first-order chi connectivity index (χ1) is 16.7. The molecule has 1 aliphatic rings. The lowest BCUT2D eigenvalue weighted by Gasteiger charge is -2.39. The Morgan fingerprint density at radius 1 is 0.941 bits per heavy atom. The van der Waals surface area contributed by atoms with Crippen molar-refractivity contribution in [1.82, 2.24) is 30.0 Å². The summed E-state index contributed by atoms with van der Waals surface area (Å²) in [5, 5.41) is 15.0. The highest BCUT2D eigenvalue weighted by Crippen LogP contribution is 2.29. The SMILES string of the molecule is COc1ccccc1CN1CCN([C@@H](c2ccc(C)cc2)c2nnnn2Cc2cccs2)CC1. The molecule has 2 aromatic heterocycles. The molecule has 2 aromatic carbocycles. The molecule has 8 heteroatoms. The summed E-state index contributed by atoms with van der Waals surface area (Å²) in [7, 11) is 1.74. The van der Waals surface area contributed by atoms with Gasteiger partial charge in [-0.1, -0.05) is 54.1 Å². The molecule has 1 atom stereocenters. The number of thiophene rings is 1. The molecule has 0 N–H and O–H groups in total. The normalized spacial score (nSPS) is 15.9. The molecule has 5 rings (SSSR count). The number of benzene rings is 2. The summed E-state index contributed by atoms with van der Waals surface area (Å²) in [5.41, 5.74) is 3.71. The Balaban J connectivity index is 1.36. The first-order valence-electron chi connectivity index (χ1n) is 11.6. The maximum atomic E-state index is 5.56. The second kappa shape index (κ2) is 10.5. The van der Waals surface area contributed by atoms with Crippen LogP contribution < -0.4 is 4.74 Å². The lowest BCUT2D eigenvalue weighted by atomic mass is 10.0. The van der Waals surface area contributed by atoms with Crippen molar-refractivity contribution in [3.63, 3.8) is 0 Å². The van der Waals surface area contributed by atoms with E-state index in [1.807, 2.05) is 16.8 Å². The Morgan fingerprint density at radius 2 is 1.74 bits per heavy atom. The molecule has 1 fully saturated rings. The van der Waals surface area contributed by atoms with Crippen LogP contribution in [0.5, 0.6) is 5.75 Å². The van der Waals surface area contributed by atoms with Crippen molar-refractivity contribution < 1.29 is 4.74 Å². The maximum absolute atomic E-state index is 5.56. The zero-order chi connectivity index (χ0) is 23.3. The van der Waals surface area contributed by atoms with Crippen molar-refractivity contribution >= 4 is 11.3 Å². The van der Waals surface area contributed by atoms with Gasteiger partial charge in [-0.15, -0.1) is 16.4 Å². The molecule has 3 heterocycles. The van der Waals surface area contributed by atoms with E-state index in [4.69, 9.17) is 4.74 Å². The lowest BCUT2D eigenvalue weighted by Crippen LogP contribution is -2.48. The minimum absolute atomic E-state index is 0.0176. The summed E-state index contributed by atoms with van der Waals surface area (Å²) in [6, 6.07) is 21.3. The summed E-state index contributed by atoms with van der Waals surface area (Å²) in [6.07, 6.45) is 0. The first-order valence-corrected chi connectivity index (χ1v) is 12.5. The Hall–Kier alpha value is -3.07. The van der Waals surface area contributed by atoms with E-state index in [1.54, 1.807) is 18.4 Å². The van der Waals surface area contributed by atoms with Gasteiger partial charge >= 0.3 is 0 Å². The van der Waals surface area contributed by atoms with E-state index < -0.39 is 0 Å². The van der Waals surface area contributed by atoms with Crippen molar-refractivity contribution in [2.24, 2.45) is 0 Å². The van der Waals surface area contributed by atoms with Gasteiger partial charge in [-0.2, -0.15) is 0 Å². The maximum Gasteiger partial charge on any atom is 0.173 e. The zero-order valence-corrected chi connectivity index (χ0v) is 20.5. The van der Waals surface area contributed by atoms with Gasteiger partial charge in [0.1, 0.15) is 5.75 Å². The molecule has 0 unspecified atom stereocenters. The fourth-order valence-electron chi connectivity index (χ4n) is 4.60. The number of para-hydroxylation sites is 1. The Morgan fingerprint density at radius 3 is 2.47 bits per heavy atom. The second-order valence-electron chi connectivity index (χ2n) is 8.71. The van der Waals surface area contributed by atoms with Crippen LogP contribution in [0.3, 0.4) is 0 Å². The van der Waals surface area contributed by atoms with Gasteiger partial charge in [0.05, 0.1) is 19.7 Å². The van der Waals surface area contributed by atoms with Gasteiger partial charge in [0.2, 0.25) is 0 Å². The van der Waals surface area contributed by atoms with E-state index in [2.05, 4.69) is 86.2 Å². The van der Waals surface area contributed by atoms with Crippen LogP contribution in [-0.4, -0.2) is 63.3 Å². The molecular weight excluding hydrogens is 444 g/mol. The van der Waals surface area contributed by atoms with Gasteiger partial charge in [-0.25, -0.2) is 4.68 Å². The van der Waals surface area contributed by atoms with E-state index in [-0.39, 0.29) is 6.04 Å². The monoisotopic (exact) mass is 474 g/mol. The lowest BCUT2D eigenvalue weighted by molar-refractivity contribution is 0.0997. The Kier molecular flexibility index (Phi) is 6.99. The molecule has 0 saturated carbocycles. The molecule has 1 saturated heterocycles. The van der Waals surface area contributed by atoms with Crippen LogP contribution >= 0.6 is 11.3 Å². The summed E-state index contributed by atoms with van der Waals surface area (Å²) >= 11 is 1.73. The van der Waals surface area contributed by atoms with Crippen molar-refractivity contribution in [1.29, 1.82) is 0 Å². The minimum atomic E-state index is 0.0176. The second-order valence-corrected chi connectivity index (χ2v) is 9.74. The minimum Gasteiger partial charge on any atom is -0.496 e. The highest BCUT2D eigenvalue weighted by molar-refractivity contribution is 7.09. The van der Waals surface area contributed by atoms with Gasteiger partial charge < -0.3 is 4.74 Å². The molecule has 34 heavy (non-hydrogen) atoms. The van der Waals surface area contributed by atoms with E-state index in [0.29, 0.717) is 6.54 Å². The number of tetrazole rings is 1. The quantitative estimate of drug-likeness (QED) is 0.385. The molecule has 4 aromatic rings. The molecule has 7 nitrogen and oxygen atoms in total. The van der Waals surface area contributed by atoms with Crippen molar-refractivity contribution in [3.8, 4) is 5.75 Å². The summed E-state index contributed by atoms with van der Waals surface area (Å²) in [4.78, 5) is 6.26. The third-order valence-corrected chi connectivity index (χ3v) is 7.30. The van der Waals surface area contributed by atoms with Crippen LogP contribution in [0.4, 0.5) is 0 Å².